The number of amides is 1. The van der Waals surface area contributed by atoms with Crippen LogP contribution in [0, 0.1) is 5.92 Å². The maximum atomic E-state index is 12.8. The number of benzene rings is 2. The van der Waals surface area contributed by atoms with Gasteiger partial charge in [-0.3, -0.25) is 4.79 Å². The molecule has 0 bridgehead atoms. The number of nitrogens with one attached hydrogen (secondary N) is 3. The second-order valence-electron chi connectivity index (χ2n) is 7.97. The first kappa shape index (κ1) is 22.5. The Morgan fingerprint density at radius 3 is 2.35 bits per heavy atom. The van der Waals surface area contributed by atoms with E-state index in [-0.39, 0.29) is 11.8 Å². The molecule has 1 atom stereocenters. The van der Waals surface area contributed by atoms with Gasteiger partial charge in [0, 0.05) is 12.2 Å². The maximum absolute atomic E-state index is 12.8. The smallest absolute Gasteiger partial charge is 0.243 e. The Labute approximate surface area is 189 Å². The van der Waals surface area contributed by atoms with Gasteiger partial charge in [0.25, 0.3) is 0 Å². The van der Waals surface area contributed by atoms with Gasteiger partial charge in [-0.2, -0.15) is 0 Å². The first-order chi connectivity index (χ1) is 14.9. The highest BCUT2D eigenvalue weighted by atomic mass is 32.1. The number of carbonyl (C=O) groups is 1. The number of hydrogen-bond acceptors (Lipinski definition) is 2. The molecule has 1 amide bonds. The molecule has 0 aliphatic carbocycles. The SMILES string of the molecule is CC(C)[C@H](NC(=S)Nc1ccccc1)C(=O)NCc1ccc(Cn2cc[n+](C)c2)cc1. The second-order valence-corrected chi connectivity index (χ2v) is 8.38. The lowest BCUT2D eigenvalue weighted by Gasteiger charge is -2.23. The molecule has 3 N–H and O–H groups in total. The number of aromatic nitrogens is 2. The summed E-state index contributed by atoms with van der Waals surface area (Å²) < 4.78 is 4.15. The van der Waals surface area contributed by atoms with Crippen molar-refractivity contribution >= 4 is 28.9 Å². The summed E-state index contributed by atoms with van der Waals surface area (Å²) in [5.74, 6) is 0.0110. The minimum absolute atomic E-state index is 0.0730. The Morgan fingerprint density at radius 1 is 1.06 bits per heavy atom. The first-order valence-corrected chi connectivity index (χ1v) is 10.8. The van der Waals surface area contributed by atoms with E-state index in [0.717, 1.165) is 17.8 Å². The van der Waals surface area contributed by atoms with Gasteiger partial charge in [-0.1, -0.05) is 56.3 Å². The molecule has 0 saturated heterocycles. The molecular weight excluding hydrogens is 406 g/mol. The van der Waals surface area contributed by atoms with Crippen molar-refractivity contribution in [2.24, 2.45) is 13.0 Å². The standard InChI is InChI=1S/C24H29N5OS/c1-18(2)22(27-24(31)26-21-7-5-4-6-8-21)23(30)25-15-19-9-11-20(12-10-19)16-29-14-13-28(3)17-29/h4-14,17-18,22H,15-16H2,1-3H3,(H2-,25,26,27,30,31)/p+1/t22-/m0/s1. The first-order valence-electron chi connectivity index (χ1n) is 10.4. The van der Waals surface area contributed by atoms with Gasteiger partial charge in [0.15, 0.2) is 5.11 Å². The van der Waals surface area contributed by atoms with Crippen molar-refractivity contribution in [2.45, 2.75) is 33.0 Å². The quantitative estimate of drug-likeness (QED) is 0.375. The van der Waals surface area contributed by atoms with E-state index in [1.54, 1.807) is 0 Å². The summed E-state index contributed by atoms with van der Waals surface area (Å²) in [5, 5.41) is 9.72. The van der Waals surface area contributed by atoms with Crippen LogP contribution in [0.2, 0.25) is 0 Å². The van der Waals surface area contributed by atoms with Crippen LogP contribution in [-0.2, 0) is 24.9 Å². The molecule has 2 aromatic carbocycles. The normalized spacial score (nSPS) is 11.7. The van der Waals surface area contributed by atoms with Crippen molar-refractivity contribution in [1.82, 2.24) is 15.2 Å². The summed E-state index contributed by atoms with van der Waals surface area (Å²) in [6, 6.07) is 17.5. The fourth-order valence-electron chi connectivity index (χ4n) is 3.23. The molecule has 31 heavy (non-hydrogen) atoms. The van der Waals surface area contributed by atoms with Gasteiger partial charge in [-0.05, 0) is 41.4 Å². The van der Waals surface area contributed by atoms with Gasteiger partial charge in [0.2, 0.25) is 12.2 Å². The number of thiocarbonyl (C=S) groups is 1. The van der Waals surface area contributed by atoms with Crippen molar-refractivity contribution in [3.05, 3.63) is 84.4 Å². The van der Waals surface area contributed by atoms with E-state index in [0.29, 0.717) is 11.7 Å². The third kappa shape index (κ3) is 6.93. The predicted molar refractivity (Wildman–Crippen MR) is 127 cm³/mol. The van der Waals surface area contributed by atoms with Gasteiger partial charge in [-0.25, -0.2) is 9.13 Å². The van der Waals surface area contributed by atoms with E-state index in [1.807, 2.05) is 74.5 Å². The lowest BCUT2D eigenvalue weighted by atomic mass is 10.0. The highest BCUT2D eigenvalue weighted by Gasteiger charge is 2.22. The molecule has 6 nitrogen and oxygen atoms in total. The van der Waals surface area contributed by atoms with Crippen LogP contribution < -0.4 is 20.5 Å². The molecule has 0 radical (unpaired) electrons. The van der Waals surface area contributed by atoms with E-state index in [4.69, 9.17) is 12.2 Å². The van der Waals surface area contributed by atoms with E-state index < -0.39 is 6.04 Å². The van der Waals surface area contributed by atoms with Crippen LogP contribution in [0.1, 0.15) is 25.0 Å². The number of carbonyl (C=O) groups excluding carboxylic acids is 1. The fraction of sp³-hybridized carbons (Fsp3) is 0.292. The Morgan fingerprint density at radius 2 is 1.74 bits per heavy atom. The molecule has 0 aliphatic heterocycles. The minimum Gasteiger partial charge on any atom is -0.350 e. The molecule has 0 unspecified atom stereocenters. The monoisotopic (exact) mass is 436 g/mol. The third-order valence-corrected chi connectivity index (χ3v) is 5.17. The highest BCUT2D eigenvalue weighted by Crippen LogP contribution is 2.09. The Kier molecular flexibility index (Phi) is 7.78. The van der Waals surface area contributed by atoms with Gasteiger partial charge >= 0.3 is 0 Å². The zero-order valence-corrected chi connectivity index (χ0v) is 19.0. The van der Waals surface area contributed by atoms with Crippen molar-refractivity contribution < 1.29 is 9.36 Å². The number of anilines is 1. The van der Waals surface area contributed by atoms with Gasteiger partial charge in [0.05, 0.1) is 7.05 Å². The molecule has 0 spiro atoms. The van der Waals surface area contributed by atoms with E-state index in [1.165, 1.54) is 5.56 Å². The van der Waals surface area contributed by atoms with Gasteiger partial charge < -0.3 is 16.0 Å². The molecule has 1 aromatic heterocycles. The Hall–Kier alpha value is -3.19. The van der Waals surface area contributed by atoms with Crippen LogP contribution in [0.25, 0.3) is 0 Å². The van der Waals surface area contributed by atoms with Crippen molar-refractivity contribution in [3.63, 3.8) is 0 Å². The van der Waals surface area contributed by atoms with Crippen LogP contribution >= 0.6 is 12.2 Å². The second kappa shape index (κ2) is 10.7. The molecule has 162 valence electrons. The van der Waals surface area contributed by atoms with Crippen LogP contribution in [0.5, 0.6) is 0 Å². The summed E-state index contributed by atoms with van der Waals surface area (Å²) in [6.07, 6.45) is 6.11. The number of rotatable bonds is 8. The Bertz CT molecular complexity index is 998. The van der Waals surface area contributed by atoms with Gasteiger partial charge in [0.1, 0.15) is 25.0 Å². The third-order valence-electron chi connectivity index (χ3n) is 4.95. The average Bonchev–Trinajstić information content (AvgIpc) is 3.16. The highest BCUT2D eigenvalue weighted by molar-refractivity contribution is 7.80. The summed E-state index contributed by atoms with van der Waals surface area (Å²) in [4.78, 5) is 12.8. The molecule has 7 heteroatoms. The van der Waals surface area contributed by atoms with Crippen molar-refractivity contribution in [3.8, 4) is 0 Å². The lowest BCUT2D eigenvalue weighted by Crippen LogP contribution is -2.50. The summed E-state index contributed by atoms with van der Waals surface area (Å²) >= 11 is 5.39. The molecular formula is C24H30N5OS+. The topological polar surface area (TPSA) is 62.0 Å². The summed E-state index contributed by atoms with van der Waals surface area (Å²) in [7, 11) is 2.01. The van der Waals surface area contributed by atoms with Crippen LogP contribution in [0.3, 0.4) is 0 Å². The number of nitrogens with zero attached hydrogens (tertiary/aromatic N) is 2. The molecule has 3 rings (SSSR count). The summed E-state index contributed by atoms with van der Waals surface area (Å²) in [6.45, 7) is 5.29. The molecule has 0 aliphatic rings. The van der Waals surface area contributed by atoms with Crippen LogP contribution in [-0.4, -0.2) is 21.6 Å². The molecule has 0 saturated carbocycles. The maximum Gasteiger partial charge on any atom is 0.243 e. The van der Waals surface area contributed by atoms with E-state index in [9.17, 15) is 4.79 Å². The predicted octanol–water partition coefficient (Wildman–Crippen LogP) is 2.99. The van der Waals surface area contributed by atoms with Crippen molar-refractivity contribution in [2.75, 3.05) is 5.32 Å². The van der Waals surface area contributed by atoms with Crippen molar-refractivity contribution in [1.29, 1.82) is 0 Å². The summed E-state index contributed by atoms with van der Waals surface area (Å²) in [5.41, 5.74) is 3.16. The number of aryl methyl sites for hydroxylation is 1. The Balaban J connectivity index is 1.51. The fourth-order valence-corrected chi connectivity index (χ4v) is 3.48. The number of hydrogen-bond donors (Lipinski definition) is 3. The zero-order valence-electron chi connectivity index (χ0n) is 18.2. The van der Waals surface area contributed by atoms with E-state index in [2.05, 4.69) is 44.8 Å². The molecule has 3 aromatic rings. The molecule has 0 fully saturated rings. The van der Waals surface area contributed by atoms with Gasteiger partial charge in [-0.15, -0.1) is 0 Å². The van der Waals surface area contributed by atoms with Crippen LogP contribution in [0.4, 0.5) is 5.69 Å². The van der Waals surface area contributed by atoms with Crippen LogP contribution in [0.15, 0.2) is 73.3 Å². The average molecular weight is 437 g/mol. The molecule has 1 heterocycles. The number of para-hydroxylation sites is 1. The lowest BCUT2D eigenvalue weighted by molar-refractivity contribution is -0.671. The minimum atomic E-state index is -0.419. The zero-order chi connectivity index (χ0) is 22.2. The van der Waals surface area contributed by atoms with E-state index >= 15 is 0 Å². The largest absolute Gasteiger partial charge is 0.350 e. The number of imidazole rings is 1.